The Morgan fingerprint density at radius 1 is 1.09 bits per heavy atom. The third kappa shape index (κ3) is 4.32. The van der Waals surface area contributed by atoms with Crippen molar-refractivity contribution in [3.63, 3.8) is 0 Å². The molecule has 0 atom stereocenters. The maximum Gasteiger partial charge on any atom is 0.266 e. The minimum absolute atomic E-state index is 0.0798. The van der Waals surface area contributed by atoms with Crippen molar-refractivity contribution in [3.05, 3.63) is 58.2 Å². The molecule has 0 bridgehead atoms. The second-order valence-corrected chi connectivity index (χ2v) is 9.67. The molecule has 116 valence electrons. The predicted octanol–water partition coefficient (Wildman–Crippen LogP) is 3.93. The van der Waals surface area contributed by atoms with Crippen molar-refractivity contribution in [2.24, 2.45) is 0 Å². The molecule has 0 aromatic heterocycles. The lowest BCUT2D eigenvalue weighted by atomic mass is 10.2. The highest BCUT2D eigenvalue weighted by atomic mass is 127. The van der Waals surface area contributed by atoms with Gasteiger partial charge >= 0.3 is 0 Å². The Bertz CT molecular complexity index is 850. The molecule has 4 nitrogen and oxygen atoms in total. The average Bonchev–Trinajstić information content (AvgIpc) is 2.42. The largest absolute Gasteiger partial charge is 0.268 e. The second kappa shape index (κ2) is 7.30. The van der Waals surface area contributed by atoms with E-state index in [-0.39, 0.29) is 4.90 Å². The predicted molar refractivity (Wildman–Crippen MR) is 110 cm³/mol. The standard InChI is InChI=1S/C14H10I3NO3S/c1-8-3-2-4-10(5-8)22(20,21)18-14(19)11-6-9(15)7-12(16)13(11)17/h2-7H,1H3,(H,18,19). The monoisotopic (exact) mass is 653 g/mol. The number of hydrogen-bond donors (Lipinski definition) is 1. The lowest BCUT2D eigenvalue weighted by molar-refractivity contribution is 0.0980. The summed E-state index contributed by atoms with van der Waals surface area (Å²) in [7, 11) is -3.88. The molecule has 0 heterocycles. The molecule has 1 amide bonds. The van der Waals surface area contributed by atoms with E-state index in [4.69, 9.17) is 0 Å². The number of sulfonamides is 1. The van der Waals surface area contributed by atoms with Crippen LogP contribution >= 0.6 is 67.8 Å². The molecule has 2 rings (SSSR count). The fourth-order valence-electron chi connectivity index (χ4n) is 1.74. The fraction of sp³-hybridized carbons (Fsp3) is 0.0714. The first-order chi connectivity index (χ1) is 10.2. The number of amides is 1. The van der Waals surface area contributed by atoms with Crippen molar-refractivity contribution in [3.8, 4) is 0 Å². The van der Waals surface area contributed by atoms with Crippen molar-refractivity contribution in [1.82, 2.24) is 4.72 Å². The van der Waals surface area contributed by atoms with Crippen LogP contribution in [0.1, 0.15) is 15.9 Å². The SMILES string of the molecule is Cc1cccc(S(=O)(=O)NC(=O)c2cc(I)cc(I)c2I)c1. The first-order valence-electron chi connectivity index (χ1n) is 5.99. The Morgan fingerprint density at radius 3 is 2.41 bits per heavy atom. The van der Waals surface area contributed by atoms with Gasteiger partial charge in [0.15, 0.2) is 0 Å². The summed E-state index contributed by atoms with van der Waals surface area (Å²) >= 11 is 6.26. The van der Waals surface area contributed by atoms with Gasteiger partial charge in [0.25, 0.3) is 15.9 Å². The smallest absolute Gasteiger partial charge is 0.266 e. The summed E-state index contributed by atoms with van der Waals surface area (Å²) in [6.07, 6.45) is 0. The molecule has 2 aromatic carbocycles. The first-order valence-corrected chi connectivity index (χ1v) is 10.7. The molecular weight excluding hydrogens is 643 g/mol. The van der Waals surface area contributed by atoms with Crippen molar-refractivity contribution >= 4 is 83.7 Å². The van der Waals surface area contributed by atoms with E-state index in [0.717, 1.165) is 16.3 Å². The summed E-state index contributed by atoms with van der Waals surface area (Å²) in [5.74, 6) is -0.623. The zero-order valence-corrected chi connectivity index (χ0v) is 18.5. The Hall–Kier alpha value is 0.0500. The Labute approximate surface area is 169 Å². The number of benzene rings is 2. The van der Waals surface area contributed by atoms with Gasteiger partial charge in [-0.05, 0) is 105 Å². The number of carbonyl (C=O) groups is 1. The molecule has 0 fully saturated rings. The van der Waals surface area contributed by atoms with Gasteiger partial charge in [0, 0.05) is 10.7 Å². The van der Waals surface area contributed by atoms with Gasteiger partial charge in [-0.2, -0.15) is 0 Å². The molecule has 0 aliphatic carbocycles. The Morgan fingerprint density at radius 2 is 1.77 bits per heavy atom. The molecule has 1 N–H and O–H groups in total. The van der Waals surface area contributed by atoms with E-state index < -0.39 is 15.9 Å². The van der Waals surface area contributed by atoms with Crippen molar-refractivity contribution < 1.29 is 13.2 Å². The molecule has 2 aromatic rings. The van der Waals surface area contributed by atoms with Gasteiger partial charge in [0.2, 0.25) is 0 Å². The third-order valence-corrected chi connectivity index (χ3v) is 7.76. The summed E-state index contributed by atoms with van der Waals surface area (Å²) in [6, 6.07) is 10.0. The van der Waals surface area contributed by atoms with Crippen LogP contribution in [-0.4, -0.2) is 14.3 Å². The lowest BCUT2D eigenvalue weighted by Gasteiger charge is -2.10. The Balaban J connectivity index is 2.37. The first kappa shape index (κ1) is 18.4. The summed E-state index contributed by atoms with van der Waals surface area (Å²) in [4.78, 5) is 12.4. The van der Waals surface area contributed by atoms with Gasteiger partial charge in [-0.25, -0.2) is 13.1 Å². The van der Waals surface area contributed by atoms with E-state index in [2.05, 4.69) is 49.9 Å². The van der Waals surface area contributed by atoms with Crippen molar-refractivity contribution in [2.45, 2.75) is 11.8 Å². The molecule has 0 radical (unpaired) electrons. The van der Waals surface area contributed by atoms with Crippen LogP contribution in [0.2, 0.25) is 0 Å². The average molecular weight is 653 g/mol. The van der Waals surface area contributed by atoms with Crippen LogP contribution < -0.4 is 4.72 Å². The maximum absolute atomic E-state index is 12.3. The number of hydrogen-bond acceptors (Lipinski definition) is 3. The number of rotatable bonds is 3. The van der Waals surface area contributed by atoms with E-state index in [0.29, 0.717) is 5.56 Å². The highest BCUT2D eigenvalue weighted by Crippen LogP contribution is 2.23. The van der Waals surface area contributed by atoms with Gasteiger partial charge in [0.05, 0.1) is 10.5 Å². The van der Waals surface area contributed by atoms with Gasteiger partial charge < -0.3 is 0 Å². The van der Waals surface area contributed by atoms with Crippen LogP contribution in [0.25, 0.3) is 0 Å². The van der Waals surface area contributed by atoms with Crippen LogP contribution in [0, 0.1) is 17.6 Å². The summed E-state index contributed by atoms with van der Waals surface area (Å²) < 4.78 is 29.3. The zero-order valence-electron chi connectivity index (χ0n) is 11.2. The topological polar surface area (TPSA) is 63.2 Å². The molecule has 0 spiro atoms. The van der Waals surface area contributed by atoms with Crippen molar-refractivity contribution in [1.29, 1.82) is 0 Å². The van der Waals surface area contributed by atoms with E-state index in [9.17, 15) is 13.2 Å². The maximum atomic E-state index is 12.3. The van der Waals surface area contributed by atoms with Crippen LogP contribution in [0.5, 0.6) is 0 Å². The molecule has 22 heavy (non-hydrogen) atoms. The van der Waals surface area contributed by atoms with Gasteiger partial charge in [0.1, 0.15) is 0 Å². The number of carbonyl (C=O) groups excluding carboxylic acids is 1. The van der Waals surface area contributed by atoms with Gasteiger partial charge in [-0.15, -0.1) is 0 Å². The van der Waals surface area contributed by atoms with Crippen LogP contribution in [0.15, 0.2) is 41.3 Å². The molecule has 8 heteroatoms. The molecule has 0 aliphatic rings. The lowest BCUT2D eigenvalue weighted by Crippen LogP contribution is -2.31. The van der Waals surface area contributed by atoms with E-state index in [1.807, 2.05) is 28.7 Å². The fourth-order valence-corrected chi connectivity index (χ4v) is 5.21. The molecule has 0 unspecified atom stereocenters. The van der Waals surface area contributed by atoms with Crippen LogP contribution in [0.3, 0.4) is 0 Å². The number of nitrogens with one attached hydrogen (secondary N) is 1. The molecule has 0 aliphatic heterocycles. The summed E-state index contributed by atoms with van der Waals surface area (Å²) in [5.41, 5.74) is 1.17. The van der Waals surface area contributed by atoms with Crippen molar-refractivity contribution in [2.75, 3.05) is 0 Å². The van der Waals surface area contributed by atoms with Crippen LogP contribution in [0.4, 0.5) is 0 Å². The number of aryl methyl sites for hydroxylation is 1. The molecular formula is C14H10I3NO3S. The molecule has 0 saturated carbocycles. The third-order valence-electron chi connectivity index (χ3n) is 2.76. The second-order valence-electron chi connectivity index (χ2n) is 4.50. The highest BCUT2D eigenvalue weighted by Gasteiger charge is 2.21. The quantitative estimate of drug-likeness (QED) is 0.404. The van der Waals surface area contributed by atoms with Gasteiger partial charge in [-0.3, -0.25) is 4.79 Å². The summed E-state index contributed by atoms with van der Waals surface area (Å²) in [5, 5.41) is 0. The Kier molecular flexibility index (Phi) is 6.10. The van der Waals surface area contributed by atoms with Crippen LogP contribution in [-0.2, 0) is 10.0 Å². The normalized spacial score (nSPS) is 11.3. The minimum Gasteiger partial charge on any atom is -0.268 e. The number of halogens is 3. The van der Waals surface area contributed by atoms with E-state index >= 15 is 0 Å². The summed E-state index contributed by atoms with van der Waals surface area (Å²) in [6.45, 7) is 1.80. The zero-order chi connectivity index (χ0) is 16.5. The van der Waals surface area contributed by atoms with E-state index in [1.54, 1.807) is 25.1 Å². The highest BCUT2D eigenvalue weighted by molar-refractivity contribution is 14.1. The van der Waals surface area contributed by atoms with Gasteiger partial charge in [-0.1, -0.05) is 12.1 Å². The van der Waals surface area contributed by atoms with E-state index in [1.165, 1.54) is 12.1 Å². The molecule has 0 saturated heterocycles. The minimum atomic E-state index is -3.88.